The molecule has 136 valence electrons. The van der Waals surface area contributed by atoms with Gasteiger partial charge in [0.25, 0.3) is 0 Å². The average Bonchev–Trinajstić information content (AvgIpc) is 2.69. The van der Waals surface area contributed by atoms with Gasteiger partial charge in [-0.3, -0.25) is 0 Å². The second kappa shape index (κ2) is 8.83. The predicted octanol–water partition coefficient (Wildman–Crippen LogP) is 7.20. The summed E-state index contributed by atoms with van der Waals surface area (Å²) in [5, 5.41) is 1.54. The van der Waals surface area contributed by atoms with Crippen LogP contribution in [0.15, 0.2) is 104 Å². The van der Waals surface area contributed by atoms with Crippen LogP contribution in [0.5, 0.6) is 0 Å². The van der Waals surface area contributed by atoms with Crippen molar-refractivity contribution in [2.45, 2.75) is 25.6 Å². The lowest BCUT2D eigenvalue weighted by atomic mass is 9.99. The monoisotopic (exact) mass is 368 g/mol. The van der Waals surface area contributed by atoms with Crippen molar-refractivity contribution in [1.29, 1.82) is 0 Å². The lowest BCUT2D eigenvalue weighted by Gasteiger charge is -2.30. The maximum absolute atomic E-state index is 4.05. The summed E-state index contributed by atoms with van der Waals surface area (Å²) in [7, 11) is -1.77. The van der Waals surface area contributed by atoms with E-state index in [1.165, 1.54) is 27.5 Å². The SMILES string of the molecule is C=CC/C(=C(\c1ccccc1)[Si](C)(C)Cc1ccccc1)c1ccccc1. The molecule has 0 aliphatic heterocycles. The first kappa shape index (κ1) is 19.1. The van der Waals surface area contributed by atoms with Crippen LogP contribution in [0.2, 0.25) is 13.1 Å². The molecule has 0 spiro atoms. The molecular weight excluding hydrogens is 340 g/mol. The summed E-state index contributed by atoms with van der Waals surface area (Å²) in [4.78, 5) is 0. The van der Waals surface area contributed by atoms with Crippen molar-refractivity contribution < 1.29 is 0 Å². The second-order valence-electron chi connectivity index (χ2n) is 7.62. The first-order valence-electron chi connectivity index (χ1n) is 9.61. The Bertz CT molecular complexity index is 891. The summed E-state index contributed by atoms with van der Waals surface area (Å²) < 4.78 is 0. The third-order valence-electron chi connectivity index (χ3n) is 5.00. The maximum atomic E-state index is 4.05. The predicted molar refractivity (Wildman–Crippen MR) is 122 cm³/mol. The molecule has 3 aromatic rings. The van der Waals surface area contributed by atoms with Crippen molar-refractivity contribution in [1.82, 2.24) is 0 Å². The molecule has 0 N–H and O–H groups in total. The normalized spacial score (nSPS) is 12.4. The second-order valence-corrected chi connectivity index (χ2v) is 12.2. The van der Waals surface area contributed by atoms with Gasteiger partial charge >= 0.3 is 0 Å². The van der Waals surface area contributed by atoms with E-state index in [-0.39, 0.29) is 0 Å². The van der Waals surface area contributed by atoms with Crippen LogP contribution in [0.1, 0.15) is 23.1 Å². The molecule has 0 bridgehead atoms. The molecular formula is C26H28Si. The molecule has 0 saturated heterocycles. The molecule has 0 unspecified atom stereocenters. The summed E-state index contributed by atoms with van der Waals surface area (Å²) in [5.41, 5.74) is 5.51. The lowest BCUT2D eigenvalue weighted by Crippen LogP contribution is -2.32. The van der Waals surface area contributed by atoms with Gasteiger partial charge in [-0.2, -0.15) is 0 Å². The van der Waals surface area contributed by atoms with Gasteiger partial charge in [0.2, 0.25) is 0 Å². The molecule has 27 heavy (non-hydrogen) atoms. The zero-order chi connectivity index (χ0) is 19.1. The molecule has 1 heteroatoms. The van der Waals surface area contributed by atoms with Gasteiger partial charge in [0, 0.05) is 0 Å². The van der Waals surface area contributed by atoms with E-state index >= 15 is 0 Å². The minimum absolute atomic E-state index is 0.888. The van der Waals surface area contributed by atoms with Gasteiger partial charge < -0.3 is 0 Å². The molecule has 0 aromatic heterocycles. The van der Waals surface area contributed by atoms with Gasteiger partial charge in [0.15, 0.2) is 0 Å². The van der Waals surface area contributed by atoms with Crippen molar-refractivity contribution in [3.63, 3.8) is 0 Å². The number of hydrogen-bond acceptors (Lipinski definition) is 0. The third-order valence-corrected chi connectivity index (χ3v) is 8.24. The summed E-state index contributed by atoms with van der Waals surface area (Å²) in [6.07, 6.45) is 2.93. The van der Waals surface area contributed by atoms with Gasteiger partial charge in [-0.25, -0.2) is 0 Å². The zero-order valence-corrected chi connectivity index (χ0v) is 17.4. The molecule has 3 rings (SSSR count). The van der Waals surface area contributed by atoms with Gasteiger partial charge in [-0.1, -0.05) is 116 Å². The molecule has 3 aromatic carbocycles. The fraction of sp³-hybridized carbons (Fsp3) is 0.154. The highest BCUT2D eigenvalue weighted by atomic mass is 28.3. The highest BCUT2D eigenvalue weighted by molar-refractivity contribution is 6.95. The van der Waals surface area contributed by atoms with E-state index in [0.29, 0.717) is 0 Å². The van der Waals surface area contributed by atoms with E-state index in [9.17, 15) is 0 Å². The lowest BCUT2D eigenvalue weighted by molar-refractivity contribution is 1.32. The summed E-state index contributed by atoms with van der Waals surface area (Å²) in [5.74, 6) is 0. The van der Waals surface area contributed by atoms with Crippen LogP contribution < -0.4 is 0 Å². The van der Waals surface area contributed by atoms with Crippen LogP contribution in [0, 0.1) is 0 Å². The standard InChI is InChI=1S/C26H28Si/c1-4-14-25(23-17-10-6-11-18-23)26(24-19-12-7-13-20-24)27(2,3)21-22-15-8-5-9-16-22/h4-13,15-20H,1,14,21H2,2-3H3/b26-25-. The Hall–Kier alpha value is -2.64. The van der Waals surface area contributed by atoms with E-state index in [1.54, 1.807) is 0 Å². The third kappa shape index (κ3) is 4.75. The van der Waals surface area contributed by atoms with Crippen molar-refractivity contribution >= 4 is 18.8 Å². The molecule has 0 fully saturated rings. The Morgan fingerprint density at radius 1 is 0.741 bits per heavy atom. The highest BCUT2D eigenvalue weighted by Crippen LogP contribution is 2.37. The Balaban J connectivity index is 2.19. The molecule has 0 heterocycles. The van der Waals surface area contributed by atoms with Gasteiger partial charge in [-0.15, -0.1) is 6.58 Å². The first-order chi connectivity index (χ1) is 13.1. The van der Waals surface area contributed by atoms with Crippen LogP contribution in [-0.2, 0) is 6.04 Å². The van der Waals surface area contributed by atoms with Gasteiger partial charge in [0.05, 0.1) is 8.07 Å². The Morgan fingerprint density at radius 2 is 1.22 bits per heavy atom. The topological polar surface area (TPSA) is 0 Å². The first-order valence-corrected chi connectivity index (χ1v) is 12.8. The quantitative estimate of drug-likeness (QED) is 0.235. The van der Waals surface area contributed by atoms with Crippen molar-refractivity contribution in [2.75, 3.05) is 0 Å². The van der Waals surface area contributed by atoms with Crippen molar-refractivity contribution in [2.24, 2.45) is 0 Å². The average molecular weight is 369 g/mol. The number of allylic oxidation sites excluding steroid dienone is 2. The van der Waals surface area contributed by atoms with Crippen LogP contribution in [0.3, 0.4) is 0 Å². The summed E-state index contributed by atoms with van der Waals surface area (Å²) in [6.45, 7) is 9.04. The van der Waals surface area contributed by atoms with E-state index in [4.69, 9.17) is 0 Å². The largest absolute Gasteiger partial charge is 0.103 e. The molecule has 0 nitrogen and oxygen atoms in total. The van der Waals surface area contributed by atoms with Crippen molar-refractivity contribution in [3.8, 4) is 0 Å². The number of rotatable bonds is 7. The van der Waals surface area contributed by atoms with E-state index in [1.807, 2.05) is 6.08 Å². The van der Waals surface area contributed by atoms with E-state index in [2.05, 4.69) is 111 Å². The maximum Gasteiger partial charge on any atom is 0.0861 e. The van der Waals surface area contributed by atoms with Crippen LogP contribution in [0.25, 0.3) is 10.8 Å². The van der Waals surface area contributed by atoms with Crippen LogP contribution >= 0.6 is 0 Å². The molecule has 0 aliphatic carbocycles. The fourth-order valence-corrected chi connectivity index (χ4v) is 7.37. The number of benzene rings is 3. The Kier molecular flexibility index (Phi) is 6.26. The summed E-state index contributed by atoms with van der Waals surface area (Å²) in [6, 6.07) is 33.8. The fourth-order valence-electron chi connectivity index (χ4n) is 3.92. The minimum atomic E-state index is -1.77. The molecule has 0 atom stereocenters. The molecule has 0 aliphatic rings. The molecule has 0 saturated carbocycles. The smallest absolute Gasteiger partial charge is 0.0861 e. The van der Waals surface area contributed by atoms with Gasteiger partial charge in [0.1, 0.15) is 0 Å². The minimum Gasteiger partial charge on any atom is -0.103 e. The highest BCUT2D eigenvalue weighted by Gasteiger charge is 2.30. The van der Waals surface area contributed by atoms with Crippen LogP contribution in [0.4, 0.5) is 0 Å². The van der Waals surface area contributed by atoms with Crippen molar-refractivity contribution in [3.05, 3.63) is 120 Å². The van der Waals surface area contributed by atoms with E-state index < -0.39 is 8.07 Å². The Labute approximate surface area is 164 Å². The zero-order valence-electron chi connectivity index (χ0n) is 16.4. The molecule has 0 amide bonds. The summed E-state index contributed by atoms with van der Waals surface area (Å²) >= 11 is 0. The Morgan fingerprint density at radius 3 is 1.74 bits per heavy atom. The molecule has 0 radical (unpaired) electrons. The number of hydrogen-bond donors (Lipinski definition) is 0. The van der Waals surface area contributed by atoms with Gasteiger partial charge in [-0.05, 0) is 34.4 Å². The van der Waals surface area contributed by atoms with E-state index in [0.717, 1.165) is 12.5 Å². The van der Waals surface area contributed by atoms with Crippen LogP contribution in [-0.4, -0.2) is 8.07 Å².